The smallest absolute Gasteiger partial charge is 0.472 e. The van der Waals surface area contributed by atoms with Crippen LogP contribution in [0.3, 0.4) is 0 Å². The van der Waals surface area contributed by atoms with Gasteiger partial charge in [-0.3, -0.25) is 19.2 Å². The van der Waals surface area contributed by atoms with Crippen LogP contribution in [0.25, 0.3) is 0 Å². The van der Waals surface area contributed by atoms with Gasteiger partial charge in [0.05, 0.1) is 30.4 Å². The molecular formula is C30H35F3N6O6S. The average molecular weight is 665 g/mol. The van der Waals surface area contributed by atoms with Crippen LogP contribution in [0, 0.1) is 6.92 Å². The van der Waals surface area contributed by atoms with Crippen molar-refractivity contribution in [3.63, 3.8) is 0 Å². The molecule has 1 aliphatic heterocycles. The molecule has 0 aliphatic carbocycles. The van der Waals surface area contributed by atoms with Gasteiger partial charge in [0, 0.05) is 44.5 Å². The third-order valence-electron chi connectivity index (χ3n) is 6.86. The van der Waals surface area contributed by atoms with E-state index in [0.717, 1.165) is 13.4 Å². The van der Waals surface area contributed by atoms with Crippen LogP contribution in [0.4, 0.5) is 30.2 Å². The second-order valence-corrected chi connectivity index (χ2v) is 13.5. The molecule has 0 unspecified atom stereocenters. The molecule has 4 rings (SSSR count). The maximum atomic E-state index is 14.2. The molecule has 0 spiro atoms. The van der Waals surface area contributed by atoms with Crippen molar-refractivity contribution < 1.29 is 40.7 Å². The standard InChI is InChI=1S/C30H35F3N6O6S/c1-18-13-20(17-21(14-18)45-24-7-8-35-26(36-24)27(40)38-11-9-34-10-12-38)39(28(41)30(31,32)33)23-16-19(29(2,3)4)15-22(25(23)44-5)37-46(6,42)43/h7-8,13-17,34,37H,9-12H2,1-6H3. The maximum absolute atomic E-state index is 14.2. The summed E-state index contributed by atoms with van der Waals surface area (Å²) in [4.78, 5) is 36.3. The monoisotopic (exact) mass is 664 g/mol. The summed E-state index contributed by atoms with van der Waals surface area (Å²) in [6, 6.07) is 8.22. The molecule has 0 saturated carbocycles. The van der Waals surface area contributed by atoms with Crippen LogP contribution in [0.5, 0.6) is 17.4 Å². The molecule has 46 heavy (non-hydrogen) atoms. The Morgan fingerprint density at radius 1 is 1.07 bits per heavy atom. The molecule has 2 amide bonds. The Labute approximate surface area is 265 Å². The van der Waals surface area contributed by atoms with E-state index in [4.69, 9.17) is 9.47 Å². The zero-order valence-electron chi connectivity index (χ0n) is 26.2. The molecule has 1 fully saturated rings. The van der Waals surface area contributed by atoms with Gasteiger partial charge in [-0.15, -0.1) is 0 Å². The summed E-state index contributed by atoms with van der Waals surface area (Å²) in [5.41, 5.74) is -0.612. The summed E-state index contributed by atoms with van der Waals surface area (Å²) in [5.74, 6) is -3.13. The van der Waals surface area contributed by atoms with Gasteiger partial charge in [0.25, 0.3) is 5.91 Å². The zero-order valence-corrected chi connectivity index (χ0v) is 27.0. The van der Waals surface area contributed by atoms with Crippen LogP contribution >= 0.6 is 0 Å². The summed E-state index contributed by atoms with van der Waals surface area (Å²) in [5, 5.41) is 3.15. The molecule has 0 atom stereocenters. The molecule has 1 aliphatic rings. The minimum atomic E-state index is -5.34. The molecule has 0 bridgehead atoms. The number of ether oxygens (including phenoxy) is 2. The van der Waals surface area contributed by atoms with Gasteiger partial charge < -0.3 is 19.7 Å². The number of piperazine rings is 1. The molecule has 2 aromatic carbocycles. The van der Waals surface area contributed by atoms with Gasteiger partial charge in [-0.2, -0.15) is 18.2 Å². The Morgan fingerprint density at radius 3 is 2.33 bits per heavy atom. The SMILES string of the molecule is COc1c(NS(C)(=O)=O)cc(C(C)(C)C)cc1N(C(=O)C(F)(F)F)c1cc(C)cc(Oc2ccnc(C(=O)N3CCNCC3)n2)c1. The lowest BCUT2D eigenvalue weighted by Crippen LogP contribution is -2.46. The first-order valence-electron chi connectivity index (χ1n) is 14.1. The number of benzene rings is 2. The van der Waals surface area contributed by atoms with Gasteiger partial charge in [-0.25, -0.2) is 13.4 Å². The molecule has 2 heterocycles. The van der Waals surface area contributed by atoms with Crippen LogP contribution in [-0.4, -0.2) is 80.8 Å². The molecule has 0 radical (unpaired) electrons. The van der Waals surface area contributed by atoms with Crippen LogP contribution in [0.1, 0.15) is 42.5 Å². The number of hydrogen-bond donors (Lipinski definition) is 2. The molecule has 1 aromatic heterocycles. The molecule has 3 aromatic rings. The second-order valence-electron chi connectivity index (χ2n) is 11.7. The largest absolute Gasteiger partial charge is 0.492 e. The van der Waals surface area contributed by atoms with Gasteiger partial charge >= 0.3 is 12.1 Å². The molecule has 12 nitrogen and oxygen atoms in total. The molecule has 1 saturated heterocycles. The predicted octanol–water partition coefficient (Wildman–Crippen LogP) is 4.53. The number of halogens is 3. The minimum Gasteiger partial charge on any atom is -0.492 e. The Kier molecular flexibility index (Phi) is 9.82. The number of rotatable bonds is 8. The van der Waals surface area contributed by atoms with Crippen molar-refractivity contribution in [1.29, 1.82) is 0 Å². The summed E-state index contributed by atoms with van der Waals surface area (Å²) >= 11 is 0. The highest BCUT2D eigenvalue weighted by Gasteiger charge is 2.45. The third kappa shape index (κ3) is 8.23. The highest BCUT2D eigenvalue weighted by atomic mass is 32.2. The van der Waals surface area contributed by atoms with Crippen LogP contribution < -0.4 is 24.4 Å². The van der Waals surface area contributed by atoms with Crippen molar-refractivity contribution in [1.82, 2.24) is 20.2 Å². The number of carbonyl (C=O) groups excluding carboxylic acids is 2. The van der Waals surface area contributed by atoms with E-state index >= 15 is 0 Å². The first kappa shape index (κ1) is 34.4. The number of methoxy groups -OCH3 is 1. The maximum Gasteiger partial charge on any atom is 0.472 e. The molecule has 2 N–H and O–H groups in total. The van der Waals surface area contributed by atoms with Crippen molar-refractivity contribution in [3.8, 4) is 17.4 Å². The summed E-state index contributed by atoms with van der Waals surface area (Å²) in [6.07, 6.45) is -3.13. The van der Waals surface area contributed by atoms with E-state index in [9.17, 15) is 31.2 Å². The van der Waals surface area contributed by atoms with Gasteiger partial charge in [0.2, 0.25) is 21.7 Å². The fraction of sp³-hybridized carbons (Fsp3) is 0.400. The van der Waals surface area contributed by atoms with E-state index in [1.165, 1.54) is 42.6 Å². The van der Waals surface area contributed by atoms with Crippen molar-refractivity contribution in [2.45, 2.75) is 39.3 Å². The Hall–Kier alpha value is -4.44. The van der Waals surface area contributed by atoms with Crippen molar-refractivity contribution in [3.05, 3.63) is 59.5 Å². The van der Waals surface area contributed by atoms with E-state index in [0.29, 0.717) is 42.2 Å². The van der Waals surface area contributed by atoms with Crippen LogP contribution in [0.15, 0.2) is 42.6 Å². The Morgan fingerprint density at radius 2 is 1.74 bits per heavy atom. The summed E-state index contributed by atoms with van der Waals surface area (Å²) in [7, 11) is -2.76. The minimum absolute atomic E-state index is 0.00896. The number of nitrogens with one attached hydrogen (secondary N) is 2. The Balaban J connectivity index is 1.85. The number of aromatic nitrogens is 2. The van der Waals surface area contributed by atoms with E-state index in [2.05, 4.69) is 20.0 Å². The highest BCUT2D eigenvalue weighted by Crippen LogP contribution is 2.45. The first-order chi connectivity index (χ1) is 21.4. The van der Waals surface area contributed by atoms with E-state index in [1.807, 2.05) is 0 Å². The van der Waals surface area contributed by atoms with Crippen molar-refractivity contribution in [2.24, 2.45) is 0 Å². The number of nitrogens with zero attached hydrogens (tertiary/aromatic N) is 4. The number of hydrogen-bond acceptors (Lipinski definition) is 9. The lowest BCUT2D eigenvalue weighted by molar-refractivity contribution is -0.169. The fourth-order valence-corrected chi connectivity index (χ4v) is 5.29. The van der Waals surface area contributed by atoms with Crippen molar-refractivity contribution >= 4 is 38.9 Å². The number of alkyl halides is 3. The number of sulfonamides is 1. The van der Waals surface area contributed by atoms with Gasteiger partial charge in [-0.05, 0) is 47.7 Å². The number of carbonyl (C=O) groups is 2. The number of amides is 2. The van der Waals surface area contributed by atoms with E-state index < -0.39 is 33.4 Å². The van der Waals surface area contributed by atoms with Crippen LogP contribution in [-0.2, 0) is 20.2 Å². The molecular weight excluding hydrogens is 629 g/mol. The van der Waals surface area contributed by atoms with E-state index in [1.54, 1.807) is 32.6 Å². The lowest BCUT2D eigenvalue weighted by atomic mass is 9.86. The summed E-state index contributed by atoms with van der Waals surface area (Å²) in [6.45, 7) is 9.11. The van der Waals surface area contributed by atoms with Crippen LogP contribution in [0.2, 0.25) is 0 Å². The van der Waals surface area contributed by atoms with Crippen molar-refractivity contribution in [2.75, 3.05) is 49.2 Å². The quantitative estimate of drug-likeness (QED) is 0.355. The predicted molar refractivity (Wildman–Crippen MR) is 165 cm³/mol. The third-order valence-corrected chi connectivity index (χ3v) is 7.45. The first-order valence-corrected chi connectivity index (χ1v) is 16.0. The summed E-state index contributed by atoms with van der Waals surface area (Å²) < 4.78 is 80.6. The zero-order chi connectivity index (χ0) is 34.0. The highest BCUT2D eigenvalue weighted by molar-refractivity contribution is 7.92. The fourth-order valence-electron chi connectivity index (χ4n) is 4.74. The average Bonchev–Trinajstić information content (AvgIpc) is 2.95. The normalized spacial score (nSPS) is 14.1. The number of aryl methyl sites for hydroxylation is 1. The van der Waals surface area contributed by atoms with Gasteiger partial charge in [0.15, 0.2) is 5.75 Å². The topological polar surface area (TPSA) is 143 Å². The van der Waals surface area contributed by atoms with Gasteiger partial charge in [-0.1, -0.05) is 20.8 Å². The second kappa shape index (κ2) is 13.1. The molecule has 248 valence electrons. The Bertz CT molecular complexity index is 1740. The number of anilines is 3. The molecule has 16 heteroatoms. The van der Waals surface area contributed by atoms with E-state index in [-0.39, 0.29) is 40.3 Å². The van der Waals surface area contributed by atoms with Gasteiger partial charge in [0.1, 0.15) is 5.75 Å². The lowest BCUT2D eigenvalue weighted by Gasteiger charge is -2.30.